The number of carbonyl (C=O) groups is 1. The van der Waals surface area contributed by atoms with Gasteiger partial charge in [-0.05, 0) is 45.1 Å². The lowest BCUT2D eigenvalue weighted by Crippen LogP contribution is -2.30. The number of hydrogen-bond donors (Lipinski definition) is 0. The molecule has 3 heterocycles. The molecule has 0 unspecified atom stereocenters. The lowest BCUT2D eigenvalue weighted by atomic mass is 10.1. The summed E-state index contributed by atoms with van der Waals surface area (Å²) in [6, 6.07) is 7.26. The van der Waals surface area contributed by atoms with Crippen molar-refractivity contribution in [3.05, 3.63) is 48.0 Å². The number of amides is 1. The second kappa shape index (κ2) is 7.49. The molecule has 2 aromatic heterocycles. The standard InChI is InChI=1S/C18H23N3O3/c1-20(2)10-12-24-17-13-14(7-8-19-17)18(22)21-9-3-5-15(21)16-6-4-11-23-16/h4,6-8,11,13,15H,3,5,9-10,12H2,1-2H3/t15-/m1/s1. The van der Waals surface area contributed by atoms with Crippen molar-refractivity contribution in [2.45, 2.75) is 18.9 Å². The molecule has 1 atom stereocenters. The maximum absolute atomic E-state index is 12.9. The molecule has 0 spiro atoms. The van der Waals surface area contributed by atoms with Gasteiger partial charge in [0.25, 0.3) is 5.91 Å². The Morgan fingerprint density at radius 2 is 2.33 bits per heavy atom. The monoisotopic (exact) mass is 329 g/mol. The van der Waals surface area contributed by atoms with Gasteiger partial charge in [0, 0.05) is 30.9 Å². The molecule has 1 saturated heterocycles. The SMILES string of the molecule is CN(C)CCOc1cc(C(=O)N2CCC[C@@H]2c2ccco2)ccn1. The highest BCUT2D eigenvalue weighted by atomic mass is 16.5. The van der Waals surface area contributed by atoms with Crippen LogP contribution in [0.2, 0.25) is 0 Å². The molecule has 0 aliphatic carbocycles. The van der Waals surface area contributed by atoms with Gasteiger partial charge in [-0.3, -0.25) is 4.79 Å². The van der Waals surface area contributed by atoms with Gasteiger partial charge in [-0.2, -0.15) is 0 Å². The fourth-order valence-corrected chi connectivity index (χ4v) is 2.91. The van der Waals surface area contributed by atoms with E-state index in [9.17, 15) is 4.79 Å². The van der Waals surface area contributed by atoms with Gasteiger partial charge in [0.05, 0.1) is 12.3 Å². The van der Waals surface area contributed by atoms with Crippen LogP contribution in [0, 0.1) is 0 Å². The van der Waals surface area contributed by atoms with Gasteiger partial charge in [-0.1, -0.05) is 0 Å². The van der Waals surface area contributed by atoms with Crippen molar-refractivity contribution in [3.63, 3.8) is 0 Å². The Labute approximate surface area is 142 Å². The van der Waals surface area contributed by atoms with E-state index in [0.717, 1.165) is 31.7 Å². The predicted octanol–water partition coefficient (Wildman–Crippen LogP) is 2.59. The smallest absolute Gasteiger partial charge is 0.254 e. The van der Waals surface area contributed by atoms with Crippen molar-refractivity contribution < 1.29 is 13.9 Å². The summed E-state index contributed by atoms with van der Waals surface area (Å²) < 4.78 is 11.1. The number of aromatic nitrogens is 1. The number of nitrogens with zero attached hydrogens (tertiary/aromatic N) is 3. The largest absolute Gasteiger partial charge is 0.476 e. The third kappa shape index (κ3) is 3.76. The zero-order chi connectivity index (χ0) is 16.9. The Morgan fingerprint density at radius 3 is 3.08 bits per heavy atom. The third-order valence-corrected chi connectivity index (χ3v) is 4.16. The van der Waals surface area contributed by atoms with Crippen molar-refractivity contribution in [1.82, 2.24) is 14.8 Å². The second-order valence-corrected chi connectivity index (χ2v) is 6.21. The molecule has 0 saturated carbocycles. The van der Waals surface area contributed by atoms with Crippen LogP contribution in [0.5, 0.6) is 5.88 Å². The zero-order valence-corrected chi connectivity index (χ0v) is 14.1. The maximum atomic E-state index is 12.9. The molecule has 2 aromatic rings. The number of rotatable bonds is 6. The molecule has 1 aliphatic heterocycles. The fourth-order valence-electron chi connectivity index (χ4n) is 2.91. The Morgan fingerprint density at radius 1 is 1.46 bits per heavy atom. The van der Waals surface area contributed by atoms with Gasteiger partial charge >= 0.3 is 0 Å². The summed E-state index contributed by atoms with van der Waals surface area (Å²) in [5.74, 6) is 1.32. The van der Waals surface area contributed by atoms with Gasteiger partial charge in [0.1, 0.15) is 12.4 Å². The quantitative estimate of drug-likeness (QED) is 0.815. The Bertz CT molecular complexity index is 670. The van der Waals surface area contributed by atoms with E-state index in [4.69, 9.17) is 9.15 Å². The van der Waals surface area contributed by atoms with E-state index in [-0.39, 0.29) is 11.9 Å². The van der Waals surface area contributed by atoms with Crippen LogP contribution in [0.4, 0.5) is 0 Å². The number of pyridine rings is 1. The highest BCUT2D eigenvalue weighted by Gasteiger charge is 2.32. The van der Waals surface area contributed by atoms with Crippen molar-refractivity contribution in [3.8, 4) is 5.88 Å². The number of likely N-dealkylation sites (tertiary alicyclic amines) is 1. The van der Waals surface area contributed by atoms with E-state index in [2.05, 4.69) is 4.98 Å². The molecule has 128 valence electrons. The van der Waals surface area contributed by atoms with E-state index < -0.39 is 0 Å². The molecule has 6 nitrogen and oxygen atoms in total. The van der Waals surface area contributed by atoms with Crippen LogP contribution in [0.25, 0.3) is 0 Å². The summed E-state index contributed by atoms with van der Waals surface area (Å²) in [6.45, 7) is 2.08. The summed E-state index contributed by atoms with van der Waals surface area (Å²) in [5, 5.41) is 0. The molecule has 1 amide bonds. The number of likely N-dealkylation sites (N-methyl/N-ethyl adjacent to an activating group) is 1. The van der Waals surface area contributed by atoms with Crippen LogP contribution in [0.1, 0.15) is 35.0 Å². The van der Waals surface area contributed by atoms with Crippen LogP contribution in [-0.4, -0.2) is 54.5 Å². The number of ether oxygens (including phenoxy) is 1. The molecule has 3 rings (SSSR count). The summed E-state index contributed by atoms with van der Waals surface area (Å²) in [4.78, 5) is 21.0. The van der Waals surface area contributed by atoms with Crippen LogP contribution in [0.15, 0.2) is 41.1 Å². The Hall–Kier alpha value is -2.34. The van der Waals surface area contributed by atoms with Gasteiger partial charge in [-0.15, -0.1) is 0 Å². The number of hydrogen-bond acceptors (Lipinski definition) is 5. The van der Waals surface area contributed by atoms with Crippen molar-refractivity contribution >= 4 is 5.91 Å². The zero-order valence-electron chi connectivity index (χ0n) is 14.1. The van der Waals surface area contributed by atoms with E-state index in [1.807, 2.05) is 36.0 Å². The lowest BCUT2D eigenvalue weighted by molar-refractivity contribution is 0.0719. The van der Waals surface area contributed by atoms with Crippen LogP contribution >= 0.6 is 0 Å². The minimum Gasteiger partial charge on any atom is -0.476 e. The van der Waals surface area contributed by atoms with Crippen molar-refractivity contribution in [2.75, 3.05) is 33.8 Å². The molecule has 1 aliphatic rings. The first-order valence-corrected chi connectivity index (χ1v) is 8.23. The summed E-state index contributed by atoms with van der Waals surface area (Å²) in [6.07, 6.45) is 5.18. The summed E-state index contributed by atoms with van der Waals surface area (Å²) in [7, 11) is 3.97. The van der Waals surface area contributed by atoms with Crippen molar-refractivity contribution in [1.29, 1.82) is 0 Å². The molecule has 0 N–H and O–H groups in total. The maximum Gasteiger partial charge on any atom is 0.254 e. The van der Waals surface area contributed by atoms with Crippen LogP contribution in [0.3, 0.4) is 0 Å². The first kappa shape index (κ1) is 16.5. The second-order valence-electron chi connectivity index (χ2n) is 6.21. The molecule has 0 bridgehead atoms. The molecular formula is C18H23N3O3. The first-order chi connectivity index (χ1) is 11.6. The average molecular weight is 329 g/mol. The third-order valence-electron chi connectivity index (χ3n) is 4.16. The van der Waals surface area contributed by atoms with E-state index in [1.165, 1.54) is 0 Å². The molecule has 1 fully saturated rings. The summed E-state index contributed by atoms with van der Waals surface area (Å²) in [5.41, 5.74) is 0.600. The number of carbonyl (C=O) groups excluding carboxylic acids is 1. The topological polar surface area (TPSA) is 58.8 Å². The van der Waals surface area contributed by atoms with Crippen molar-refractivity contribution in [2.24, 2.45) is 0 Å². The average Bonchev–Trinajstić information content (AvgIpc) is 3.25. The van der Waals surface area contributed by atoms with Gasteiger partial charge in [-0.25, -0.2) is 4.98 Å². The van der Waals surface area contributed by atoms with E-state index in [1.54, 1.807) is 24.6 Å². The minimum atomic E-state index is -0.00578. The van der Waals surface area contributed by atoms with Crippen LogP contribution < -0.4 is 4.74 Å². The molecule has 0 radical (unpaired) electrons. The molecule has 0 aromatic carbocycles. The van der Waals surface area contributed by atoms with Gasteiger partial charge < -0.3 is 19.0 Å². The molecular weight excluding hydrogens is 306 g/mol. The Balaban J connectivity index is 1.70. The minimum absolute atomic E-state index is 0.00578. The summed E-state index contributed by atoms with van der Waals surface area (Å²) >= 11 is 0. The number of furan rings is 1. The highest BCUT2D eigenvalue weighted by Crippen LogP contribution is 2.33. The van der Waals surface area contributed by atoms with Gasteiger partial charge in [0.2, 0.25) is 5.88 Å². The lowest BCUT2D eigenvalue weighted by Gasteiger charge is -2.23. The molecule has 24 heavy (non-hydrogen) atoms. The van der Waals surface area contributed by atoms with E-state index in [0.29, 0.717) is 18.1 Å². The predicted molar refractivity (Wildman–Crippen MR) is 90.0 cm³/mol. The highest BCUT2D eigenvalue weighted by molar-refractivity contribution is 5.94. The fraction of sp³-hybridized carbons (Fsp3) is 0.444. The van der Waals surface area contributed by atoms with E-state index >= 15 is 0 Å². The van der Waals surface area contributed by atoms with Crippen LogP contribution in [-0.2, 0) is 0 Å². The Kier molecular flexibility index (Phi) is 5.15. The van der Waals surface area contributed by atoms with Gasteiger partial charge in [0.15, 0.2) is 0 Å². The molecule has 6 heteroatoms. The first-order valence-electron chi connectivity index (χ1n) is 8.23. The normalized spacial score (nSPS) is 17.5.